The fourth-order valence-corrected chi connectivity index (χ4v) is 2.42. The Hall–Kier alpha value is -2.83. The maximum absolute atomic E-state index is 11.7. The van der Waals surface area contributed by atoms with Crippen molar-refractivity contribution in [2.45, 2.75) is 19.8 Å². The van der Waals surface area contributed by atoms with Crippen LogP contribution in [0, 0.1) is 0 Å². The molecule has 0 fully saturated rings. The van der Waals surface area contributed by atoms with Crippen LogP contribution < -0.4 is 16.0 Å². The van der Waals surface area contributed by atoms with E-state index >= 15 is 0 Å². The van der Waals surface area contributed by atoms with E-state index in [-0.39, 0.29) is 70.2 Å². The zero-order valence-electron chi connectivity index (χ0n) is 18.4. The number of rotatable bonds is 18. The fraction of sp³-hybridized carbons (Fsp3) is 0.650. The molecule has 0 saturated heterocycles. The normalized spacial score (nSPS) is 12.8. The Labute approximate surface area is 187 Å². The summed E-state index contributed by atoms with van der Waals surface area (Å²) >= 11 is 0. The van der Waals surface area contributed by atoms with E-state index in [1.165, 1.54) is 0 Å². The second kappa shape index (κ2) is 16.8. The van der Waals surface area contributed by atoms with E-state index in [0.29, 0.717) is 19.8 Å². The summed E-state index contributed by atoms with van der Waals surface area (Å²) in [6, 6.07) is 0. The van der Waals surface area contributed by atoms with Crippen molar-refractivity contribution in [3.05, 3.63) is 12.2 Å². The monoisotopic (exact) mass is 456 g/mol. The molecular formula is C20H32N4O8. The van der Waals surface area contributed by atoms with Crippen LogP contribution >= 0.6 is 0 Å². The van der Waals surface area contributed by atoms with Gasteiger partial charge in [-0.3, -0.25) is 28.9 Å². The number of nitrogens with one attached hydrogen (secondary N) is 3. The van der Waals surface area contributed by atoms with Crippen LogP contribution in [-0.4, -0.2) is 100 Å². The van der Waals surface area contributed by atoms with Crippen molar-refractivity contribution in [2.75, 3.05) is 65.8 Å². The molecule has 0 bridgehead atoms. The van der Waals surface area contributed by atoms with Crippen LogP contribution in [0.15, 0.2) is 12.2 Å². The third-order valence-electron chi connectivity index (χ3n) is 3.99. The summed E-state index contributed by atoms with van der Waals surface area (Å²) in [5.41, 5.74) is 0. The molecule has 1 aliphatic rings. The van der Waals surface area contributed by atoms with Gasteiger partial charge in [-0.2, -0.15) is 0 Å². The van der Waals surface area contributed by atoms with Crippen LogP contribution in [0.3, 0.4) is 0 Å². The lowest BCUT2D eigenvalue weighted by Gasteiger charge is -2.13. The van der Waals surface area contributed by atoms with E-state index in [9.17, 15) is 24.0 Å². The predicted octanol–water partition coefficient (Wildman–Crippen LogP) is -1.89. The minimum atomic E-state index is -0.430. The lowest BCUT2D eigenvalue weighted by atomic mass is 10.3. The molecule has 0 radical (unpaired) electrons. The van der Waals surface area contributed by atoms with Gasteiger partial charge in [-0.25, -0.2) is 0 Å². The summed E-state index contributed by atoms with van der Waals surface area (Å²) in [6.45, 7) is 4.04. The standard InChI is InChI=1S/C20H32N4O8/c1-2-10-31-14-18(27)23-8-11-30-12-13-32-15-17(26)22-7-6-21-16(25)5-9-24-19(28)3-4-20(24)29/h3-4H,2,5-15H2,1H3,(H,21,25)(H,22,26)(H,23,27). The lowest BCUT2D eigenvalue weighted by Crippen LogP contribution is -2.38. The van der Waals surface area contributed by atoms with Crippen LogP contribution in [0.5, 0.6) is 0 Å². The van der Waals surface area contributed by atoms with E-state index in [4.69, 9.17) is 14.2 Å². The Bertz CT molecular complexity index is 650. The van der Waals surface area contributed by atoms with Gasteiger partial charge in [0.1, 0.15) is 13.2 Å². The van der Waals surface area contributed by atoms with Gasteiger partial charge >= 0.3 is 0 Å². The molecule has 0 atom stereocenters. The molecule has 1 rings (SSSR count). The first-order valence-corrected chi connectivity index (χ1v) is 10.5. The zero-order chi connectivity index (χ0) is 23.6. The minimum Gasteiger partial charge on any atom is -0.377 e. The molecule has 12 heteroatoms. The molecule has 0 aromatic carbocycles. The van der Waals surface area contributed by atoms with Crippen molar-refractivity contribution in [1.82, 2.24) is 20.9 Å². The molecule has 1 heterocycles. The summed E-state index contributed by atoms with van der Waals surface area (Å²) in [5.74, 6) is -1.72. The van der Waals surface area contributed by atoms with E-state index in [1.807, 2.05) is 6.92 Å². The number of carbonyl (C=O) groups excluding carboxylic acids is 5. The van der Waals surface area contributed by atoms with Crippen molar-refractivity contribution in [1.29, 1.82) is 0 Å². The summed E-state index contributed by atoms with van der Waals surface area (Å²) in [6.07, 6.45) is 3.17. The highest BCUT2D eigenvalue weighted by molar-refractivity contribution is 6.13. The summed E-state index contributed by atoms with van der Waals surface area (Å²) in [5, 5.41) is 7.83. The highest BCUT2D eigenvalue weighted by Gasteiger charge is 2.23. The van der Waals surface area contributed by atoms with E-state index < -0.39 is 11.8 Å². The highest BCUT2D eigenvalue weighted by Crippen LogP contribution is 2.03. The zero-order valence-corrected chi connectivity index (χ0v) is 18.4. The average Bonchev–Trinajstić information content (AvgIpc) is 3.09. The topological polar surface area (TPSA) is 152 Å². The molecule has 0 spiro atoms. The molecule has 0 saturated carbocycles. The van der Waals surface area contributed by atoms with Gasteiger partial charge in [0.25, 0.3) is 11.8 Å². The Morgan fingerprint density at radius 3 is 1.91 bits per heavy atom. The number of nitrogens with zero attached hydrogens (tertiary/aromatic N) is 1. The number of hydrogen-bond donors (Lipinski definition) is 3. The molecule has 0 aromatic heterocycles. The molecule has 0 aliphatic carbocycles. The summed E-state index contributed by atoms with van der Waals surface area (Å²) in [4.78, 5) is 58.5. The maximum atomic E-state index is 11.7. The molecular weight excluding hydrogens is 424 g/mol. The van der Waals surface area contributed by atoms with Gasteiger partial charge in [0.15, 0.2) is 0 Å². The van der Waals surface area contributed by atoms with Gasteiger partial charge in [-0.05, 0) is 6.42 Å². The van der Waals surface area contributed by atoms with Crippen LogP contribution in [0.4, 0.5) is 0 Å². The second-order valence-corrected chi connectivity index (χ2v) is 6.68. The third-order valence-corrected chi connectivity index (χ3v) is 3.99. The van der Waals surface area contributed by atoms with Crippen molar-refractivity contribution in [3.8, 4) is 0 Å². The quantitative estimate of drug-likeness (QED) is 0.160. The van der Waals surface area contributed by atoms with E-state index in [2.05, 4.69) is 16.0 Å². The van der Waals surface area contributed by atoms with Gasteiger partial charge in [-0.1, -0.05) is 6.92 Å². The first-order chi connectivity index (χ1) is 15.4. The van der Waals surface area contributed by atoms with Gasteiger partial charge in [0, 0.05) is 51.4 Å². The first kappa shape index (κ1) is 27.2. The molecule has 3 N–H and O–H groups in total. The van der Waals surface area contributed by atoms with Crippen LogP contribution in [0.25, 0.3) is 0 Å². The van der Waals surface area contributed by atoms with Gasteiger partial charge in [0.05, 0.1) is 19.8 Å². The predicted molar refractivity (Wildman–Crippen MR) is 112 cm³/mol. The third kappa shape index (κ3) is 12.8. The summed E-state index contributed by atoms with van der Waals surface area (Å²) in [7, 11) is 0. The molecule has 0 aromatic rings. The van der Waals surface area contributed by atoms with Crippen LogP contribution in [-0.2, 0) is 38.2 Å². The first-order valence-electron chi connectivity index (χ1n) is 10.5. The number of amides is 5. The average molecular weight is 456 g/mol. The second-order valence-electron chi connectivity index (χ2n) is 6.68. The van der Waals surface area contributed by atoms with E-state index in [0.717, 1.165) is 23.5 Å². The molecule has 5 amide bonds. The smallest absolute Gasteiger partial charge is 0.253 e. The number of carbonyl (C=O) groups is 5. The molecule has 1 aliphatic heterocycles. The minimum absolute atomic E-state index is 0.00741. The SMILES string of the molecule is CCCOCC(=O)NCCOCCOCC(=O)NCCNC(=O)CCN1C(=O)C=CC1=O. The van der Waals surface area contributed by atoms with Crippen LogP contribution in [0.2, 0.25) is 0 Å². The Balaban J connectivity index is 1.89. The number of imide groups is 1. The molecule has 12 nitrogen and oxygen atoms in total. The summed E-state index contributed by atoms with van der Waals surface area (Å²) < 4.78 is 15.6. The van der Waals surface area contributed by atoms with Gasteiger partial charge < -0.3 is 30.2 Å². The molecule has 180 valence electrons. The Kier molecular flexibility index (Phi) is 14.3. The molecule has 32 heavy (non-hydrogen) atoms. The van der Waals surface area contributed by atoms with Crippen LogP contribution in [0.1, 0.15) is 19.8 Å². The van der Waals surface area contributed by atoms with Crippen molar-refractivity contribution >= 4 is 29.5 Å². The van der Waals surface area contributed by atoms with Crippen molar-refractivity contribution < 1.29 is 38.2 Å². The number of hydrogen-bond acceptors (Lipinski definition) is 8. The lowest BCUT2D eigenvalue weighted by molar-refractivity contribution is -0.137. The van der Waals surface area contributed by atoms with Gasteiger partial charge in [-0.15, -0.1) is 0 Å². The maximum Gasteiger partial charge on any atom is 0.253 e. The van der Waals surface area contributed by atoms with E-state index in [1.54, 1.807) is 0 Å². The molecule has 0 unspecified atom stereocenters. The largest absolute Gasteiger partial charge is 0.377 e. The Morgan fingerprint density at radius 1 is 0.750 bits per heavy atom. The van der Waals surface area contributed by atoms with Gasteiger partial charge in [0.2, 0.25) is 17.7 Å². The van der Waals surface area contributed by atoms with Crippen molar-refractivity contribution in [3.63, 3.8) is 0 Å². The number of ether oxygens (including phenoxy) is 3. The van der Waals surface area contributed by atoms with Crippen molar-refractivity contribution in [2.24, 2.45) is 0 Å². The fourth-order valence-electron chi connectivity index (χ4n) is 2.42. The highest BCUT2D eigenvalue weighted by atomic mass is 16.5. The Morgan fingerprint density at radius 2 is 1.28 bits per heavy atom.